The van der Waals surface area contributed by atoms with Crippen molar-refractivity contribution in [3.05, 3.63) is 0 Å². The molecule has 0 radical (unpaired) electrons. The zero-order valence-electron chi connectivity index (χ0n) is 57.6. The summed E-state index contributed by atoms with van der Waals surface area (Å²) in [6.45, 7) is 85.2. The van der Waals surface area contributed by atoms with E-state index in [1.54, 1.807) is 0 Å². The molecule has 0 heterocycles. The first-order valence-corrected chi connectivity index (χ1v) is 33.0. The molecule has 0 aromatic carbocycles. The number of hydrogen-bond donors (Lipinski definition) is 0. The summed E-state index contributed by atoms with van der Waals surface area (Å²) < 4.78 is 0. The van der Waals surface area contributed by atoms with Crippen molar-refractivity contribution in [3.63, 3.8) is 0 Å². The Labute approximate surface area is 479 Å². The van der Waals surface area contributed by atoms with Gasteiger partial charge in [0.15, 0.2) is 0 Å². The van der Waals surface area contributed by atoms with Gasteiger partial charge in [0, 0.05) is 0 Å². The third-order valence-corrected chi connectivity index (χ3v) is 17.4. The van der Waals surface area contributed by atoms with E-state index in [1.807, 2.05) is 166 Å². The van der Waals surface area contributed by atoms with Crippen LogP contribution in [0.1, 0.15) is 377 Å². The predicted octanol–water partition coefficient (Wildman–Crippen LogP) is 29.1. The zero-order chi connectivity index (χ0) is 57.6. The van der Waals surface area contributed by atoms with E-state index < -0.39 is 0 Å². The molecule has 464 valence electrons. The number of fused-ring (bicyclic) bond motifs is 3. The summed E-state index contributed by atoms with van der Waals surface area (Å²) >= 11 is 0. The van der Waals surface area contributed by atoms with E-state index in [9.17, 15) is 0 Å². The molecular weight excluding hydrogens is 877 g/mol. The third kappa shape index (κ3) is 27.1. The molecule has 6 saturated carbocycles. The molecule has 6 aliphatic carbocycles. The monoisotopic (exact) mass is 1050 g/mol. The Morgan fingerprint density at radius 1 is 0.233 bits per heavy atom. The lowest BCUT2D eigenvalue weighted by molar-refractivity contribution is 0.0127. The lowest BCUT2D eigenvalue weighted by Crippen LogP contribution is -2.41. The van der Waals surface area contributed by atoms with E-state index in [2.05, 4.69) is 104 Å². The van der Waals surface area contributed by atoms with Gasteiger partial charge in [-0.3, -0.25) is 0 Å². The molecule has 0 aromatic rings. The van der Waals surface area contributed by atoms with E-state index in [1.165, 1.54) is 77.0 Å². The molecule has 0 nitrogen and oxygen atoms in total. The molecule has 0 bridgehead atoms. The van der Waals surface area contributed by atoms with Crippen LogP contribution in [0.5, 0.6) is 0 Å². The minimum atomic E-state index is 0. The summed E-state index contributed by atoms with van der Waals surface area (Å²) in [5, 5.41) is 0. The van der Waals surface area contributed by atoms with Crippen LogP contribution in [0.3, 0.4) is 0 Å². The fourth-order valence-electron chi connectivity index (χ4n) is 17.0. The highest BCUT2D eigenvalue weighted by molar-refractivity contribution is 5.07. The van der Waals surface area contributed by atoms with Crippen LogP contribution < -0.4 is 0 Å². The SMILES string of the molecule is C.C.C.C.CC.CC.CC.CC.CC.CC.CC.CC.CC.CC.CC.CC.CC(C)C1(C(C)C)C2CCCC2C[C@@H]1C.CC(C)C1(C(C)C)C2CCCC2C[C@@H]1C.CC(C)C1(C(C)C)C2CCCC2C[C@@H]1C. The molecule has 0 heteroatoms. The van der Waals surface area contributed by atoms with Crippen molar-refractivity contribution in [2.45, 2.75) is 377 Å². The molecule has 0 amide bonds. The second kappa shape index (κ2) is 64.5. The highest BCUT2D eigenvalue weighted by Crippen LogP contribution is 2.66. The molecule has 73 heavy (non-hydrogen) atoms. The van der Waals surface area contributed by atoms with Gasteiger partial charge in [-0.25, -0.2) is 0 Å². The molecule has 9 atom stereocenters. The third-order valence-electron chi connectivity index (χ3n) is 17.4. The summed E-state index contributed by atoms with van der Waals surface area (Å²) in [5.41, 5.74) is 1.96. The average Bonchev–Trinajstić information content (AvgIpc) is 4.26. The summed E-state index contributed by atoms with van der Waals surface area (Å²) in [6.07, 6.45) is 18.2. The molecule has 6 aliphatic rings. The standard InChI is InChI=1S/3C15H28.12C2H6.4CH4/c3*1-10(2)15(11(3)4)12(5)9-13-7-6-8-14(13)15;12*1-2;;;;/h3*10-14H,6-9H2,1-5H3;12*1-2H3;4*1H4/t3*12-,13?,14?;;;;;;;;;;;;;;;;/m000................/s1. The van der Waals surface area contributed by atoms with Gasteiger partial charge in [-0.1, -0.05) is 338 Å². The lowest BCUT2D eigenvalue weighted by atomic mass is 9.58. The van der Waals surface area contributed by atoms with Gasteiger partial charge in [-0.2, -0.15) is 0 Å². The molecule has 0 saturated heterocycles. The summed E-state index contributed by atoms with van der Waals surface area (Å²) in [7, 11) is 0. The van der Waals surface area contributed by atoms with Gasteiger partial charge in [0.05, 0.1) is 0 Å². The largest absolute Gasteiger partial charge is 0.0776 e. The normalized spacial score (nSPS) is 25.0. The maximum atomic E-state index is 2.53. The van der Waals surface area contributed by atoms with Crippen LogP contribution in [-0.2, 0) is 0 Å². The van der Waals surface area contributed by atoms with Crippen molar-refractivity contribution in [1.29, 1.82) is 0 Å². The van der Waals surface area contributed by atoms with E-state index in [-0.39, 0.29) is 29.7 Å². The summed E-state index contributed by atoms with van der Waals surface area (Å²) in [6, 6.07) is 0. The first kappa shape index (κ1) is 105. The Hall–Kier alpha value is 0. The quantitative estimate of drug-likeness (QED) is 0.249. The van der Waals surface area contributed by atoms with Crippen molar-refractivity contribution >= 4 is 0 Å². The minimum Gasteiger partial charge on any atom is -0.0776 e. The summed E-state index contributed by atoms with van der Waals surface area (Å²) in [5.74, 6) is 14.4. The first-order valence-electron chi connectivity index (χ1n) is 33.0. The second-order valence-electron chi connectivity index (χ2n) is 20.2. The Balaban J connectivity index is -0.0000000544. The number of rotatable bonds is 6. The van der Waals surface area contributed by atoms with Gasteiger partial charge in [-0.05, 0) is 144 Å². The van der Waals surface area contributed by atoms with Crippen molar-refractivity contribution in [3.8, 4) is 0 Å². The summed E-state index contributed by atoms with van der Waals surface area (Å²) in [4.78, 5) is 0. The van der Waals surface area contributed by atoms with Crippen LogP contribution >= 0.6 is 0 Å². The average molecular weight is 1050 g/mol. The van der Waals surface area contributed by atoms with Crippen molar-refractivity contribution in [2.75, 3.05) is 0 Å². The fraction of sp³-hybridized carbons (Fsp3) is 1.00. The minimum absolute atomic E-state index is 0. The van der Waals surface area contributed by atoms with Crippen molar-refractivity contribution in [1.82, 2.24) is 0 Å². The van der Waals surface area contributed by atoms with Gasteiger partial charge in [0.1, 0.15) is 0 Å². The van der Waals surface area contributed by atoms with Gasteiger partial charge in [0.25, 0.3) is 0 Å². The van der Waals surface area contributed by atoms with Crippen molar-refractivity contribution < 1.29 is 0 Å². The zero-order valence-corrected chi connectivity index (χ0v) is 57.6. The predicted molar refractivity (Wildman–Crippen MR) is 363 cm³/mol. The van der Waals surface area contributed by atoms with E-state index >= 15 is 0 Å². The van der Waals surface area contributed by atoms with Crippen LogP contribution in [0.25, 0.3) is 0 Å². The van der Waals surface area contributed by atoms with Crippen LogP contribution in [0.4, 0.5) is 0 Å². The maximum Gasteiger partial charge on any atom is -0.0195 e. The van der Waals surface area contributed by atoms with E-state index in [0.717, 1.165) is 88.8 Å². The Morgan fingerprint density at radius 3 is 0.466 bits per heavy atom. The molecular formula is C73H172. The highest BCUT2D eigenvalue weighted by Gasteiger charge is 2.59. The van der Waals surface area contributed by atoms with Crippen LogP contribution in [0, 0.1) is 105 Å². The first-order chi connectivity index (χ1) is 33.0. The topological polar surface area (TPSA) is 0 Å². The molecule has 0 aromatic heterocycles. The van der Waals surface area contributed by atoms with Crippen LogP contribution in [0.2, 0.25) is 0 Å². The number of hydrogen-bond acceptors (Lipinski definition) is 0. The lowest BCUT2D eigenvalue weighted by Gasteiger charge is -2.47. The van der Waals surface area contributed by atoms with Crippen molar-refractivity contribution in [2.24, 2.45) is 105 Å². The molecule has 0 N–H and O–H groups in total. The Bertz CT molecular complexity index is 773. The van der Waals surface area contributed by atoms with E-state index in [4.69, 9.17) is 0 Å². The van der Waals surface area contributed by atoms with Gasteiger partial charge in [-0.15, -0.1) is 0 Å². The maximum absolute atomic E-state index is 2.53. The molecule has 6 rings (SSSR count). The molecule has 0 spiro atoms. The fourth-order valence-corrected chi connectivity index (χ4v) is 17.0. The Morgan fingerprint density at radius 2 is 0.356 bits per heavy atom. The highest BCUT2D eigenvalue weighted by atomic mass is 14.6. The van der Waals surface area contributed by atoms with Crippen LogP contribution in [-0.4, -0.2) is 0 Å². The van der Waals surface area contributed by atoms with Gasteiger partial charge in [0.2, 0.25) is 0 Å². The van der Waals surface area contributed by atoms with Gasteiger partial charge < -0.3 is 0 Å². The molecule has 6 unspecified atom stereocenters. The van der Waals surface area contributed by atoms with E-state index in [0.29, 0.717) is 16.2 Å². The molecule has 6 fully saturated rings. The smallest absolute Gasteiger partial charge is 0.0195 e. The van der Waals surface area contributed by atoms with Gasteiger partial charge >= 0.3 is 0 Å². The second-order valence-corrected chi connectivity index (χ2v) is 20.2. The van der Waals surface area contributed by atoms with Crippen LogP contribution in [0.15, 0.2) is 0 Å². The Kier molecular flexibility index (Phi) is 92.9. The molecule has 0 aliphatic heterocycles.